The molecule has 35 heavy (non-hydrogen) atoms. The van der Waals surface area contributed by atoms with Gasteiger partial charge >= 0.3 is 5.97 Å². The van der Waals surface area contributed by atoms with Gasteiger partial charge in [-0.05, 0) is 36.2 Å². The van der Waals surface area contributed by atoms with Crippen molar-refractivity contribution in [3.63, 3.8) is 0 Å². The van der Waals surface area contributed by atoms with E-state index in [1.807, 2.05) is 60.7 Å². The van der Waals surface area contributed by atoms with E-state index in [1.165, 1.54) is 12.1 Å². The maximum Gasteiger partial charge on any atom is 0.326 e. The van der Waals surface area contributed by atoms with Crippen LogP contribution in [0.15, 0.2) is 88.8 Å². The highest BCUT2D eigenvalue weighted by Gasteiger charge is 2.23. The number of carbonyl (C=O) groups excluding carboxylic acids is 2. The van der Waals surface area contributed by atoms with Crippen LogP contribution < -0.4 is 9.94 Å². The van der Waals surface area contributed by atoms with Crippen LogP contribution in [0.1, 0.15) is 24.0 Å². The van der Waals surface area contributed by atoms with Gasteiger partial charge in [-0.2, -0.15) is 4.99 Å². The number of esters is 1. The van der Waals surface area contributed by atoms with E-state index in [0.717, 1.165) is 22.5 Å². The van der Waals surface area contributed by atoms with E-state index < -0.39 is 27.8 Å². The van der Waals surface area contributed by atoms with Crippen LogP contribution in [-0.2, 0) is 30.9 Å². The van der Waals surface area contributed by atoms with Gasteiger partial charge in [0.2, 0.25) is 10.0 Å². The number of primary sulfonamides is 1. The van der Waals surface area contributed by atoms with Crippen molar-refractivity contribution < 1.29 is 22.7 Å². The van der Waals surface area contributed by atoms with Crippen molar-refractivity contribution in [3.8, 4) is 0 Å². The Morgan fingerprint density at radius 2 is 1.60 bits per heavy atom. The molecule has 180 valence electrons. The number of nitrogens with two attached hydrogens (primary N) is 1. The average Bonchev–Trinajstić information content (AvgIpc) is 3.16. The zero-order valence-corrected chi connectivity index (χ0v) is 20.5. The second-order valence-corrected chi connectivity index (χ2v) is 10.2. The molecule has 0 aliphatic rings. The number of carbonyl (C=O) groups is 2. The molecule has 4 aromatic rings. The molecule has 1 heterocycles. The van der Waals surface area contributed by atoms with Crippen LogP contribution in [0.4, 0.5) is 0 Å². The van der Waals surface area contributed by atoms with Crippen LogP contribution in [0.3, 0.4) is 0 Å². The van der Waals surface area contributed by atoms with Gasteiger partial charge in [-0.3, -0.25) is 9.59 Å². The normalized spacial score (nSPS) is 12.3. The van der Waals surface area contributed by atoms with Gasteiger partial charge in [0, 0.05) is 0 Å². The van der Waals surface area contributed by atoms with E-state index in [1.54, 1.807) is 17.6 Å². The Morgan fingerprint density at radius 3 is 2.14 bits per heavy atom. The monoisotopic (exact) mass is 509 g/mol. The molecule has 0 saturated carbocycles. The molecule has 1 aromatic heterocycles. The van der Waals surface area contributed by atoms with E-state index in [4.69, 9.17) is 9.88 Å². The van der Waals surface area contributed by atoms with Crippen molar-refractivity contribution in [1.82, 2.24) is 4.57 Å². The summed E-state index contributed by atoms with van der Waals surface area (Å²) in [6.45, 7) is 1.72. The first kappa shape index (κ1) is 24.5. The van der Waals surface area contributed by atoms with Gasteiger partial charge < -0.3 is 9.30 Å². The standard InChI is InChI=1S/C25H23N3O5S2/c1-2-33-22(29)16-28-20-14-13-19(35(26,31)32)15-21(20)34-25(28)27-24(30)23(17-9-5-3-6-10-17)18-11-7-4-8-12-18/h3-15,23H,2,16H2,1H3,(H2,26,31,32). The molecular formula is C25H23N3O5S2. The zero-order valence-electron chi connectivity index (χ0n) is 18.8. The predicted octanol–water partition coefficient (Wildman–Crippen LogP) is 3.17. The number of ether oxygens (including phenoxy) is 1. The summed E-state index contributed by atoms with van der Waals surface area (Å²) in [7, 11) is -3.93. The summed E-state index contributed by atoms with van der Waals surface area (Å²) in [6, 6.07) is 22.9. The number of rotatable bonds is 7. The number of hydrogen-bond acceptors (Lipinski definition) is 6. The van der Waals surface area contributed by atoms with Crippen LogP contribution >= 0.6 is 11.3 Å². The minimum Gasteiger partial charge on any atom is -0.465 e. The number of benzene rings is 3. The molecule has 8 nitrogen and oxygen atoms in total. The first-order valence-electron chi connectivity index (χ1n) is 10.8. The van der Waals surface area contributed by atoms with Gasteiger partial charge in [0.05, 0.1) is 27.6 Å². The largest absolute Gasteiger partial charge is 0.465 e. The number of hydrogen-bond donors (Lipinski definition) is 1. The second-order valence-electron chi connectivity index (χ2n) is 7.65. The van der Waals surface area contributed by atoms with Gasteiger partial charge in [0.1, 0.15) is 6.54 Å². The van der Waals surface area contributed by atoms with Gasteiger partial charge in [-0.15, -0.1) is 0 Å². The molecule has 0 radical (unpaired) electrons. The van der Waals surface area contributed by atoms with Crippen molar-refractivity contribution in [2.24, 2.45) is 10.1 Å². The molecule has 2 N–H and O–H groups in total. The van der Waals surface area contributed by atoms with Crippen molar-refractivity contribution in [2.45, 2.75) is 24.3 Å². The first-order valence-corrected chi connectivity index (χ1v) is 13.1. The Bertz CT molecular complexity index is 1500. The number of thiazole rings is 1. The molecule has 0 aliphatic heterocycles. The molecule has 4 rings (SSSR count). The van der Waals surface area contributed by atoms with Crippen molar-refractivity contribution in [3.05, 3.63) is 94.8 Å². The van der Waals surface area contributed by atoms with E-state index in [9.17, 15) is 18.0 Å². The van der Waals surface area contributed by atoms with Crippen molar-refractivity contribution >= 4 is 43.5 Å². The quantitative estimate of drug-likeness (QED) is 0.384. The van der Waals surface area contributed by atoms with Gasteiger partial charge in [0.15, 0.2) is 4.80 Å². The Balaban J connectivity index is 1.88. The predicted molar refractivity (Wildman–Crippen MR) is 133 cm³/mol. The molecule has 3 aromatic carbocycles. The molecule has 10 heteroatoms. The van der Waals surface area contributed by atoms with Crippen LogP contribution in [0.25, 0.3) is 10.2 Å². The molecule has 0 unspecified atom stereocenters. The van der Waals surface area contributed by atoms with E-state index in [0.29, 0.717) is 10.2 Å². The summed E-state index contributed by atoms with van der Waals surface area (Å²) in [4.78, 5) is 30.5. The summed E-state index contributed by atoms with van der Waals surface area (Å²) in [5.74, 6) is -1.57. The lowest BCUT2D eigenvalue weighted by atomic mass is 9.91. The molecule has 1 amide bonds. The van der Waals surface area contributed by atoms with Crippen molar-refractivity contribution in [2.75, 3.05) is 6.61 Å². The van der Waals surface area contributed by atoms with E-state index in [-0.39, 0.29) is 22.8 Å². The summed E-state index contributed by atoms with van der Waals surface area (Å²) in [5.41, 5.74) is 2.10. The van der Waals surface area contributed by atoms with Crippen LogP contribution in [-0.4, -0.2) is 31.5 Å². The minimum atomic E-state index is -3.93. The first-order chi connectivity index (χ1) is 16.8. The number of aromatic nitrogens is 1. The number of amides is 1. The summed E-state index contributed by atoms with van der Waals surface area (Å²) in [6.07, 6.45) is 0. The molecule has 0 saturated heterocycles. The maximum atomic E-state index is 13.6. The number of nitrogens with zero attached hydrogens (tertiary/aromatic N) is 2. The molecule has 0 aliphatic carbocycles. The average molecular weight is 510 g/mol. The Kier molecular flexibility index (Phi) is 7.25. The molecule has 0 atom stereocenters. The fourth-order valence-corrected chi connectivity index (χ4v) is 5.42. The van der Waals surface area contributed by atoms with Gasteiger partial charge in [-0.25, -0.2) is 13.6 Å². The highest BCUT2D eigenvalue weighted by molar-refractivity contribution is 7.89. The van der Waals surface area contributed by atoms with Crippen molar-refractivity contribution in [1.29, 1.82) is 0 Å². The maximum absolute atomic E-state index is 13.6. The Labute approximate surface area is 206 Å². The van der Waals surface area contributed by atoms with E-state index >= 15 is 0 Å². The molecule has 0 bridgehead atoms. The Hall–Kier alpha value is -3.60. The minimum absolute atomic E-state index is 0.0705. The van der Waals surface area contributed by atoms with Crippen LogP contribution in [0.5, 0.6) is 0 Å². The van der Waals surface area contributed by atoms with Crippen LogP contribution in [0, 0.1) is 0 Å². The second kappa shape index (κ2) is 10.3. The smallest absolute Gasteiger partial charge is 0.326 e. The lowest BCUT2D eigenvalue weighted by Gasteiger charge is -2.14. The fraction of sp³-hybridized carbons (Fsp3) is 0.160. The third kappa shape index (κ3) is 5.56. The lowest BCUT2D eigenvalue weighted by Crippen LogP contribution is -2.24. The summed E-state index contributed by atoms with van der Waals surface area (Å²) >= 11 is 1.10. The Morgan fingerprint density at radius 1 is 1.00 bits per heavy atom. The topological polar surface area (TPSA) is 121 Å². The van der Waals surface area contributed by atoms with Gasteiger partial charge in [-0.1, -0.05) is 72.0 Å². The zero-order chi connectivity index (χ0) is 25.0. The number of sulfonamides is 1. The third-order valence-corrected chi connectivity index (χ3v) is 7.25. The highest BCUT2D eigenvalue weighted by atomic mass is 32.2. The van der Waals surface area contributed by atoms with Gasteiger partial charge in [0.25, 0.3) is 5.91 Å². The fourth-order valence-electron chi connectivity index (χ4n) is 3.73. The summed E-state index contributed by atoms with van der Waals surface area (Å²) < 4.78 is 30.8. The summed E-state index contributed by atoms with van der Waals surface area (Å²) in [5, 5.41) is 5.28. The molecular weight excluding hydrogens is 486 g/mol. The SMILES string of the molecule is CCOC(=O)Cn1c(=NC(=O)C(c2ccccc2)c2ccccc2)sc2cc(S(N)(=O)=O)ccc21. The third-order valence-electron chi connectivity index (χ3n) is 5.29. The molecule has 0 spiro atoms. The highest BCUT2D eigenvalue weighted by Crippen LogP contribution is 2.27. The van der Waals surface area contributed by atoms with Crippen LogP contribution in [0.2, 0.25) is 0 Å². The van der Waals surface area contributed by atoms with E-state index in [2.05, 4.69) is 4.99 Å². The molecule has 0 fully saturated rings. The number of fused-ring (bicyclic) bond motifs is 1. The lowest BCUT2D eigenvalue weighted by molar-refractivity contribution is -0.143.